The zero-order valence-corrected chi connectivity index (χ0v) is 28.5. The first-order valence-electron chi connectivity index (χ1n) is 15.7. The molecule has 0 spiro atoms. The van der Waals surface area contributed by atoms with Crippen molar-refractivity contribution >= 4 is 56.8 Å². The van der Waals surface area contributed by atoms with Crippen LogP contribution in [-0.4, -0.2) is 19.9 Å². The summed E-state index contributed by atoms with van der Waals surface area (Å²) in [4.78, 5) is 18.5. The van der Waals surface area contributed by atoms with E-state index in [-0.39, 0.29) is 29.5 Å². The van der Waals surface area contributed by atoms with E-state index in [0.717, 1.165) is 73.8 Å². The van der Waals surface area contributed by atoms with Crippen LogP contribution in [-0.2, 0) is 42.8 Å². The molecule has 2 aliphatic heterocycles. The predicted molar refractivity (Wildman–Crippen MR) is 181 cm³/mol. The van der Waals surface area contributed by atoms with Gasteiger partial charge in [0.1, 0.15) is 0 Å². The number of hydrogen-bond donors (Lipinski definition) is 2. The predicted octanol–water partition coefficient (Wildman–Crippen LogP) is 10.4. The second-order valence-corrected chi connectivity index (χ2v) is 10.9. The van der Waals surface area contributed by atoms with Crippen LogP contribution in [0.3, 0.4) is 0 Å². The number of rotatable bonds is 8. The molecule has 4 nitrogen and oxygen atoms in total. The third kappa shape index (κ3) is 5.56. The smallest absolute Gasteiger partial charge is 0.0726 e. The van der Waals surface area contributed by atoms with Crippen LogP contribution in [0, 0.1) is 0 Å². The number of halogens is 1. The van der Waals surface area contributed by atoms with E-state index in [2.05, 4.69) is 89.6 Å². The van der Waals surface area contributed by atoms with Gasteiger partial charge >= 0.3 is 0 Å². The van der Waals surface area contributed by atoms with Crippen LogP contribution in [0.15, 0.2) is 24.3 Å². The van der Waals surface area contributed by atoms with Crippen molar-refractivity contribution in [3.63, 3.8) is 0 Å². The molecule has 2 N–H and O–H groups in total. The topological polar surface area (TPSA) is 57.4 Å². The van der Waals surface area contributed by atoms with Gasteiger partial charge in [-0.1, -0.05) is 55.4 Å². The van der Waals surface area contributed by atoms with Crippen molar-refractivity contribution in [2.45, 2.75) is 107 Å². The number of aromatic nitrogens is 4. The largest absolute Gasteiger partial charge is 0.355 e. The number of aromatic amines is 2. The first-order chi connectivity index (χ1) is 19.5. The molecule has 0 aromatic carbocycles. The fraction of sp³-hybridized carbons (Fsp3) is 0.444. The first-order valence-corrected chi connectivity index (χ1v) is 15.7. The van der Waals surface area contributed by atoms with E-state index in [0.29, 0.717) is 0 Å². The van der Waals surface area contributed by atoms with Crippen LogP contribution < -0.4 is 0 Å². The fourth-order valence-corrected chi connectivity index (χ4v) is 7.07. The average Bonchev–Trinajstić information content (AvgIpc) is 3.73. The molecule has 3 aromatic heterocycles. The van der Waals surface area contributed by atoms with Crippen molar-refractivity contribution in [2.75, 3.05) is 0 Å². The number of nitrogens with one attached hydrogen (secondary N) is 2. The summed E-state index contributed by atoms with van der Waals surface area (Å²) in [5.74, 6) is 0. The third-order valence-electron chi connectivity index (χ3n) is 8.91. The standard InChI is InChI=1S/C36H46N4.ClH.Fe/c1-9-23-25(11-3)33-29(15-7)35-27(13-5)28(14-6)36(40-35)30(16-8)34-26(12-4)24(10-2)32(39-34)20-22-18-17-21(37-22)19-31(23)38-33;;/h17-20,37-38H,9-16H2,1-8H3;1H;. The number of aryl methyl sites for hydroxylation is 3. The Morgan fingerprint density at radius 2 is 0.976 bits per heavy atom. The molecule has 0 atom stereocenters. The summed E-state index contributed by atoms with van der Waals surface area (Å²) < 4.78 is 0. The summed E-state index contributed by atoms with van der Waals surface area (Å²) in [7, 11) is 0. The molecule has 2 aliphatic rings. The molecule has 0 unspecified atom stereocenters. The Morgan fingerprint density at radius 1 is 0.500 bits per heavy atom. The maximum absolute atomic E-state index is 5.57. The van der Waals surface area contributed by atoms with E-state index in [4.69, 9.17) is 9.97 Å². The molecule has 0 fully saturated rings. The molecule has 5 rings (SSSR count). The molecule has 5 heterocycles. The number of allylic oxidation sites excluding steroid dienone is 4. The van der Waals surface area contributed by atoms with Gasteiger partial charge in [-0.2, -0.15) is 0 Å². The molecule has 3 aromatic rings. The van der Waals surface area contributed by atoms with Gasteiger partial charge in [0.05, 0.1) is 22.8 Å². The van der Waals surface area contributed by atoms with E-state index in [1.54, 1.807) is 0 Å². The van der Waals surface area contributed by atoms with Gasteiger partial charge in [-0.3, -0.25) is 0 Å². The van der Waals surface area contributed by atoms with E-state index in [1.165, 1.54) is 67.0 Å². The Kier molecular flexibility index (Phi) is 11.5. The van der Waals surface area contributed by atoms with Crippen molar-refractivity contribution in [1.29, 1.82) is 0 Å². The van der Waals surface area contributed by atoms with Crippen LogP contribution in [0.5, 0.6) is 0 Å². The van der Waals surface area contributed by atoms with Gasteiger partial charge < -0.3 is 9.97 Å². The zero-order chi connectivity index (χ0) is 28.6. The molecule has 6 heteroatoms. The molecular weight excluding hydrogens is 580 g/mol. The van der Waals surface area contributed by atoms with Crippen molar-refractivity contribution in [3.8, 4) is 0 Å². The van der Waals surface area contributed by atoms with Gasteiger partial charge in [-0.15, -0.1) is 12.4 Å². The molecular formula is C36H47ClFeN4. The second kappa shape index (κ2) is 14.3. The molecule has 0 saturated carbocycles. The summed E-state index contributed by atoms with van der Waals surface area (Å²) in [5, 5.41) is 0. The average molecular weight is 627 g/mol. The third-order valence-corrected chi connectivity index (χ3v) is 8.91. The molecule has 0 radical (unpaired) electrons. The van der Waals surface area contributed by atoms with Crippen molar-refractivity contribution < 1.29 is 17.1 Å². The Hall–Kier alpha value is -2.59. The Morgan fingerprint density at radius 3 is 1.50 bits per heavy atom. The Bertz CT molecular complexity index is 1690. The van der Waals surface area contributed by atoms with E-state index < -0.39 is 0 Å². The fourth-order valence-electron chi connectivity index (χ4n) is 7.07. The SMILES string of the molecule is CCC1=C(CC)c2nc1cc1ccc(cc3[nH]c(c(CC)c4nc(c2CC)C(CC)=C4CC)c(CC)c3CC)[nH]1.Cl.[Fe]. The number of H-pyrrole nitrogens is 2. The molecule has 8 bridgehead atoms. The van der Waals surface area contributed by atoms with Gasteiger partial charge in [0, 0.05) is 50.3 Å². The number of nitrogens with zero attached hydrogens (tertiary/aromatic N) is 2. The Balaban J connectivity index is 0.00000242. The van der Waals surface area contributed by atoms with Crippen LogP contribution in [0.2, 0.25) is 0 Å². The minimum Gasteiger partial charge on any atom is -0.355 e. The zero-order valence-electron chi connectivity index (χ0n) is 26.6. The molecule has 226 valence electrons. The second-order valence-electron chi connectivity index (χ2n) is 10.9. The summed E-state index contributed by atoms with van der Waals surface area (Å²) in [6.45, 7) is 18.2. The van der Waals surface area contributed by atoms with Crippen molar-refractivity contribution in [2.24, 2.45) is 0 Å². The van der Waals surface area contributed by atoms with Crippen LogP contribution in [0.1, 0.15) is 126 Å². The van der Waals surface area contributed by atoms with E-state index >= 15 is 0 Å². The van der Waals surface area contributed by atoms with Gasteiger partial charge in [0.2, 0.25) is 0 Å². The minimum atomic E-state index is 0. The summed E-state index contributed by atoms with van der Waals surface area (Å²) in [5.41, 5.74) is 20.3. The van der Waals surface area contributed by atoms with Crippen molar-refractivity contribution in [1.82, 2.24) is 19.9 Å². The normalized spacial score (nSPS) is 13.0. The maximum atomic E-state index is 5.57. The van der Waals surface area contributed by atoms with Crippen LogP contribution >= 0.6 is 12.4 Å². The van der Waals surface area contributed by atoms with Gasteiger partial charge in [0.25, 0.3) is 0 Å². The molecule has 0 saturated heterocycles. The Labute approximate surface area is 268 Å². The maximum Gasteiger partial charge on any atom is 0.0726 e. The summed E-state index contributed by atoms with van der Waals surface area (Å²) >= 11 is 0. The van der Waals surface area contributed by atoms with Crippen molar-refractivity contribution in [3.05, 3.63) is 69.3 Å². The van der Waals surface area contributed by atoms with E-state index in [9.17, 15) is 0 Å². The monoisotopic (exact) mass is 626 g/mol. The number of hydrogen-bond acceptors (Lipinski definition) is 2. The van der Waals surface area contributed by atoms with Crippen LogP contribution in [0.4, 0.5) is 0 Å². The first kappa shape index (κ1) is 33.9. The minimum absolute atomic E-state index is 0. The summed E-state index contributed by atoms with van der Waals surface area (Å²) in [6, 6.07) is 8.89. The van der Waals surface area contributed by atoms with Gasteiger partial charge in [-0.05, 0) is 109 Å². The molecule has 42 heavy (non-hydrogen) atoms. The van der Waals surface area contributed by atoms with Gasteiger partial charge in [-0.25, -0.2) is 9.97 Å². The summed E-state index contributed by atoms with van der Waals surface area (Å²) in [6.07, 6.45) is 7.74. The van der Waals surface area contributed by atoms with Crippen LogP contribution in [0.25, 0.3) is 44.4 Å². The van der Waals surface area contributed by atoms with Gasteiger partial charge in [0.15, 0.2) is 0 Å². The molecule has 0 amide bonds. The molecule has 0 aliphatic carbocycles. The quantitative estimate of drug-likeness (QED) is 0.244. The number of fused-ring (bicyclic) bond motifs is 8. The van der Waals surface area contributed by atoms with E-state index in [1.807, 2.05) is 0 Å².